The van der Waals surface area contributed by atoms with Gasteiger partial charge in [-0.3, -0.25) is 4.79 Å². The molecule has 1 aromatic carbocycles. The lowest BCUT2D eigenvalue weighted by molar-refractivity contribution is -0.119. The number of nitrogens with one attached hydrogen (secondary N) is 1. The van der Waals surface area contributed by atoms with E-state index in [1.807, 2.05) is 44.2 Å². The molecule has 1 unspecified atom stereocenters. The Morgan fingerprint density at radius 3 is 2.54 bits per heavy atom. The van der Waals surface area contributed by atoms with E-state index in [4.69, 9.17) is 0 Å². The van der Waals surface area contributed by atoms with Gasteiger partial charge in [-0.05, 0) is 18.6 Å². The van der Waals surface area contributed by atoms with Gasteiger partial charge in [0.25, 0.3) is 0 Å². The fourth-order valence-electron chi connectivity index (χ4n) is 0.972. The van der Waals surface area contributed by atoms with Crippen LogP contribution in [0.5, 0.6) is 0 Å². The highest BCUT2D eigenvalue weighted by Gasteiger charge is 2.09. The molecule has 0 aliphatic rings. The third-order valence-corrected chi connectivity index (χ3v) is 2.10. The van der Waals surface area contributed by atoms with Crippen molar-refractivity contribution < 1.29 is 4.79 Å². The summed E-state index contributed by atoms with van der Waals surface area (Å²) in [7, 11) is 0. The van der Waals surface area contributed by atoms with E-state index in [1.54, 1.807) is 0 Å². The van der Waals surface area contributed by atoms with Crippen molar-refractivity contribution in [1.29, 1.82) is 0 Å². The van der Waals surface area contributed by atoms with Gasteiger partial charge in [0.15, 0.2) is 0 Å². The predicted octanol–water partition coefficient (Wildman–Crippen LogP) is 2.67. The molecule has 13 heavy (non-hydrogen) atoms. The van der Waals surface area contributed by atoms with Crippen LogP contribution < -0.4 is 5.32 Å². The number of anilines is 1. The van der Waals surface area contributed by atoms with Crippen LogP contribution in [0.15, 0.2) is 30.3 Å². The predicted molar refractivity (Wildman–Crippen MR) is 54.5 cm³/mol. The first-order valence-electron chi connectivity index (χ1n) is 4.60. The van der Waals surface area contributed by atoms with Crippen LogP contribution in [0.1, 0.15) is 20.3 Å². The molecule has 0 saturated heterocycles. The van der Waals surface area contributed by atoms with Crippen LogP contribution in [0.4, 0.5) is 5.69 Å². The number of rotatable bonds is 3. The van der Waals surface area contributed by atoms with Gasteiger partial charge >= 0.3 is 0 Å². The van der Waals surface area contributed by atoms with Gasteiger partial charge in [0, 0.05) is 11.6 Å². The van der Waals surface area contributed by atoms with Crippen molar-refractivity contribution in [2.75, 3.05) is 5.32 Å². The number of hydrogen-bond donors (Lipinski definition) is 1. The summed E-state index contributed by atoms with van der Waals surface area (Å²) in [6.07, 6.45) is 0.874. The molecule has 1 rings (SSSR count). The lowest BCUT2D eigenvalue weighted by atomic mass is 10.1. The standard InChI is InChI=1S/C11H15NO/c1-3-9(2)11(13)12-10-7-5-4-6-8-10/h4-9H,3H2,1-2H3,(H,12,13). The summed E-state index contributed by atoms with van der Waals surface area (Å²) in [5.41, 5.74) is 0.868. The van der Waals surface area contributed by atoms with Crippen LogP contribution in [-0.2, 0) is 4.79 Å². The molecule has 0 aliphatic heterocycles. The van der Waals surface area contributed by atoms with E-state index in [0.29, 0.717) is 0 Å². The van der Waals surface area contributed by atoms with Crippen LogP contribution in [-0.4, -0.2) is 5.91 Å². The third kappa shape index (κ3) is 2.90. The summed E-state index contributed by atoms with van der Waals surface area (Å²) in [6.45, 7) is 3.94. The van der Waals surface area contributed by atoms with E-state index in [2.05, 4.69) is 5.32 Å². The van der Waals surface area contributed by atoms with E-state index >= 15 is 0 Å². The van der Waals surface area contributed by atoms with E-state index in [0.717, 1.165) is 12.1 Å². The zero-order valence-corrected chi connectivity index (χ0v) is 8.08. The molecule has 0 radical (unpaired) electrons. The molecular formula is C11H15NO. The Morgan fingerprint density at radius 1 is 1.38 bits per heavy atom. The second-order valence-electron chi connectivity index (χ2n) is 3.16. The molecule has 0 heterocycles. The van der Waals surface area contributed by atoms with Crippen LogP contribution in [0.3, 0.4) is 0 Å². The number of hydrogen-bond acceptors (Lipinski definition) is 1. The van der Waals surface area contributed by atoms with Crippen molar-refractivity contribution in [3.63, 3.8) is 0 Å². The van der Waals surface area contributed by atoms with Crippen molar-refractivity contribution in [2.24, 2.45) is 5.92 Å². The second kappa shape index (κ2) is 4.65. The van der Waals surface area contributed by atoms with Gasteiger partial charge in [-0.1, -0.05) is 32.0 Å². The zero-order chi connectivity index (χ0) is 9.68. The maximum absolute atomic E-state index is 11.4. The second-order valence-corrected chi connectivity index (χ2v) is 3.16. The SMILES string of the molecule is CCC(C)C(=O)Nc1ccccc1. The lowest BCUT2D eigenvalue weighted by Crippen LogP contribution is -2.19. The van der Waals surface area contributed by atoms with Gasteiger partial charge in [0.2, 0.25) is 5.91 Å². The Balaban J connectivity index is 2.55. The van der Waals surface area contributed by atoms with Gasteiger partial charge in [0.05, 0.1) is 0 Å². The van der Waals surface area contributed by atoms with Gasteiger partial charge in [-0.2, -0.15) is 0 Å². The zero-order valence-electron chi connectivity index (χ0n) is 8.08. The molecule has 0 aliphatic carbocycles. The Labute approximate surface area is 79.0 Å². The Bertz CT molecular complexity index is 269. The fraction of sp³-hybridized carbons (Fsp3) is 0.364. The summed E-state index contributed by atoms with van der Waals surface area (Å²) < 4.78 is 0. The van der Waals surface area contributed by atoms with Crippen LogP contribution in [0, 0.1) is 5.92 Å². The monoisotopic (exact) mass is 177 g/mol. The van der Waals surface area contributed by atoms with Gasteiger partial charge in [-0.15, -0.1) is 0 Å². The van der Waals surface area contributed by atoms with Gasteiger partial charge in [-0.25, -0.2) is 0 Å². The molecule has 1 atom stereocenters. The average Bonchev–Trinajstić information content (AvgIpc) is 2.18. The summed E-state index contributed by atoms with van der Waals surface area (Å²) in [4.78, 5) is 11.4. The molecule has 2 nitrogen and oxygen atoms in total. The Hall–Kier alpha value is -1.31. The minimum atomic E-state index is 0.0835. The Kier molecular flexibility index (Phi) is 3.50. The maximum Gasteiger partial charge on any atom is 0.227 e. The van der Waals surface area contributed by atoms with Crippen molar-refractivity contribution in [2.45, 2.75) is 20.3 Å². The number of carbonyl (C=O) groups is 1. The van der Waals surface area contributed by atoms with Crippen molar-refractivity contribution in [3.8, 4) is 0 Å². The van der Waals surface area contributed by atoms with Crippen LogP contribution in [0.25, 0.3) is 0 Å². The molecule has 0 fully saturated rings. The summed E-state index contributed by atoms with van der Waals surface area (Å²) in [5.74, 6) is 0.175. The summed E-state index contributed by atoms with van der Waals surface area (Å²) in [5, 5.41) is 2.85. The molecular weight excluding hydrogens is 162 g/mol. The molecule has 1 N–H and O–H groups in total. The molecule has 0 bridgehead atoms. The lowest BCUT2D eigenvalue weighted by Gasteiger charge is -2.09. The number of carbonyl (C=O) groups excluding carboxylic acids is 1. The highest BCUT2D eigenvalue weighted by molar-refractivity contribution is 5.92. The van der Waals surface area contributed by atoms with E-state index in [1.165, 1.54) is 0 Å². The first-order valence-corrected chi connectivity index (χ1v) is 4.60. The number of para-hydroxylation sites is 1. The van der Waals surface area contributed by atoms with E-state index < -0.39 is 0 Å². The van der Waals surface area contributed by atoms with Gasteiger partial charge < -0.3 is 5.32 Å². The molecule has 70 valence electrons. The van der Waals surface area contributed by atoms with Crippen LogP contribution >= 0.6 is 0 Å². The smallest absolute Gasteiger partial charge is 0.227 e. The van der Waals surface area contributed by atoms with Crippen molar-refractivity contribution in [3.05, 3.63) is 30.3 Å². The van der Waals surface area contributed by atoms with E-state index in [-0.39, 0.29) is 11.8 Å². The average molecular weight is 177 g/mol. The van der Waals surface area contributed by atoms with E-state index in [9.17, 15) is 4.79 Å². The normalized spacial score (nSPS) is 12.2. The Morgan fingerprint density at radius 2 is 2.00 bits per heavy atom. The number of benzene rings is 1. The minimum absolute atomic E-state index is 0.0835. The first-order chi connectivity index (χ1) is 6.24. The maximum atomic E-state index is 11.4. The van der Waals surface area contributed by atoms with Crippen LogP contribution in [0.2, 0.25) is 0 Å². The molecule has 1 aromatic rings. The summed E-state index contributed by atoms with van der Waals surface area (Å²) in [6, 6.07) is 9.53. The first kappa shape index (κ1) is 9.78. The van der Waals surface area contributed by atoms with Gasteiger partial charge in [0.1, 0.15) is 0 Å². The van der Waals surface area contributed by atoms with Crippen molar-refractivity contribution in [1.82, 2.24) is 0 Å². The fourth-order valence-corrected chi connectivity index (χ4v) is 0.972. The summed E-state index contributed by atoms with van der Waals surface area (Å²) >= 11 is 0. The topological polar surface area (TPSA) is 29.1 Å². The highest BCUT2D eigenvalue weighted by atomic mass is 16.1. The minimum Gasteiger partial charge on any atom is -0.326 e. The largest absolute Gasteiger partial charge is 0.326 e. The molecule has 1 amide bonds. The molecule has 0 saturated carbocycles. The third-order valence-electron chi connectivity index (χ3n) is 2.10. The quantitative estimate of drug-likeness (QED) is 0.755. The molecule has 0 aromatic heterocycles. The molecule has 0 spiro atoms. The highest BCUT2D eigenvalue weighted by Crippen LogP contribution is 2.08. The van der Waals surface area contributed by atoms with Crippen molar-refractivity contribution >= 4 is 11.6 Å². The number of amides is 1. The molecule has 2 heteroatoms.